The summed E-state index contributed by atoms with van der Waals surface area (Å²) in [6, 6.07) is 4.87. The third-order valence-corrected chi connectivity index (χ3v) is 4.52. The third kappa shape index (κ3) is 5.56. The predicted octanol–water partition coefficient (Wildman–Crippen LogP) is 1.16. The van der Waals surface area contributed by atoms with Crippen molar-refractivity contribution in [2.24, 2.45) is 11.7 Å². The zero-order valence-electron chi connectivity index (χ0n) is 16.4. The van der Waals surface area contributed by atoms with Crippen LogP contribution in [0.15, 0.2) is 30.5 Å². The summed E-state index contributed by atoms with van der Waals surface area (Å²) in [5, 5.41) is 15.1. The molecule has 0 saturated heterocycles. The zero-order chi connectivity index (χ0) is 20.8. The van der Waals surface area contributed by atoms with Crippen molar-refractivity contribution in [1.82, 2.24) is 15.6 Å². The van der Waals surface area contributed by atoms with Gasteiger partial charge in [-0.1, -0.05) is 32.0 Å². The summed E-state index contributed by atoms with van der Waals surface area (Å²) in [6.07, 6.45) is 2.48. The van der Waals surface area contributed by atoms with E-state index in [0.29, 0.717) is 6.42 Å². The molecule has 2 rings (SSSR count). The third-order valence-electron chi connectivity index (χ3n) is 4.52. The molecule has 0 aliphatic heterocycles. The first-order chi connectivity index (χ1) is 13.2. The largest absolute Gasteiger partial charge is 0.480 e. The van der Waals surface area contributed by atoms with Gasteiger partial charge in [0, 0.05) is 23.5 Å². The number of carbonyl (C=O) groups excluding carboxylic acids is 2. The number of nitrogens with two attached hydrogens (primary N) is 1. The minimum atomic E-state index is -1.15. The van der Waals surface area contributed by atoms with E-state index in [2.05, 4.69) is 15.6 Å². The molecule has 152 valence electrons. The SMILES string of the molecule is CC(C)CC(N)C(=O)NC(Cc1c[nH]c2ccccc12)C(=O)NC(C)C(=O)O. The van der Waals surface area contributed by atoms with Crippen LogP contribution in [0.2, 0.25) is 0 Å². The average molecular weight is 388 g/mol. The van der Waals surface area contributed by atoms with Crippen LogP contribution in [0, 0.1) is 5.92 Å². The fourth-order valence-electron chi connectivity index (χ4n) is 3.00. The van der Waals surface area contributed by atoms with E-state index in [1.807, 2.05) is 38.1 Å². The van der Waals surface area contributed by atoms with Crippen molar-refractivity contribution < 1.29 is 19.5 Å². The summed E-state index contributed by atoms with van der Waals surface area (Å²) >= 11 is 0. The van der Waals surface area contributed by atoms with Crippen molar-refractivity contribution >= 4 is 28.7 Å². The fourth-order valence-corrected chi connectivity index (χ4v) is 3.00. The molecule has 1 heterocycles. The summed E-state index contributed by atoms with van der Waals surface area (Å²) in [4.78, 5) is 39.3. The first kappa shape index (κ1) is 21.4. The van der Waals surface area contributed by atoms with Gasteiger partial charge in [0.05, 0.1) is 6.04 Å². The van der Waals surface area contributed by atoms with Crippen LogP contribution >= 0.6 is 0 Å². The minimum absolute atomic E-state index is 0.211. The minimum Gasteiger partial charge on any atom is -0.480 e. The van der Waals surface area contributed by atoms with Gasteiger partial charge in [-0.15, -0.1) is 0 Å². The number of amides is 2. The molecule has 3 atom stereocenters. The predicted molar refractivity (Wildman–Crippen MR) is 107 cm³/mol. The van der Waals surface area contributed by atoms with E-state index >= 15 is 0 Å². The van der Waals surface area contributed by atoms with Crippen molar-refractivity contribution in [3.05, 3.63) is 36.0 Å². The maximum atomic E-state index is 12.7. The molecule has 1 aromatic heterocycles. The molecule has 0 radical (unpaired) electrons. The monoisotopic (exact) mass is 388 g/mol. The highest BCUT2D eigenvalue weighted by molar-refractivity contribution is 5.92. The number of para-hydroxylation sites is 1. The average Bonchev–Trinajstić information content (AvgIpc) is 3.03. The standard InChI is InChI=1S/C20H28N4O4/c1-11(2)8-15(21)18(25)24-17(19(26)23-12(3)20(27)28)9-13-10-22-16-7-5-4-6-14(13)16/h4-7,10-12,15,17,22H,8-9,21H2,1-3H3,(H,23,26)(H,24,25)(H,27,28). The first-order valence-corrected chi connectivity index (χ1v) is 9.33. The molecule has 0 fully saturated rings. The van der Waals surface area contributed by atoms with Crippen molar-refractivity contribution in [3.63, 3.8) is 0 Å². The van der Waals surface area contributed by atoms with Crippen LogP contribution in [0.3, 0.4) is 0 Å². The highest BCUT2D eigenvalue weighted by Gasteiger charge is 2.27. The van der Waals surface area contributed by atoms with Gasteiger partial charge in [-0.25, -0.2) is 0 Å². The molecular weight excluding hydrogens is 360 g/mol. The number of rotatable bonds is 9. The van der Waals surface area contributed by atoms with Gasteiger partial charge in [0.15, 0.2) is 0 Å². The van der Waals surface area contributed by atoms with E-state index < -0.39 is 35.9 Å². The molecule has 0 aliphatic carbocycles. The highest BCUT2D eigenvalue weighted by atomic mass is 16.4. The molecule has 8 heteroatoms. The maximum absolute atomic E-state index is 12.7. The number of H-pyrrole nitrogens is 1. The lowest BCUT2D eigenvalue weighted by Gasteiger charge is -2.22. The molecule has 2 aromatic rings. The van der Waals surface area contributed by atoms with Crippen molar-refractivity contribution in [2.75, 3.05) is 0 Å². The summed E-state index contributed by atoms with van der Waals surface area (Å²) in [6.45, 7) is 5.28. The maximum Gasteiger partial charge on any atom is 0.325 e. The number of carboxylic acid groups (broad SMARTS) is 1. The molecule has 6 N–H and O–H groups in total. The first-order valence-electron chi connectivity index (χ1n) is 9.33. The van der Waals surface area contributed by atoms with E-state index in [4.69, 9.17) is 10.8 Å². The molecule has 0 bridgehead atoms. The molecular formula is C20H28N4O4. The molecule has 0 aliphatic rings. The van der Waals surface area contributed by atoms with Crippen LogP contribution in [-0.4, -0.2) is 46.0 Å². The van der Waals surface area contributed by atoms with Crippen LogP contribution in [-0.2, 0) is 20.8 Å². The second-order valence-corrected chi connectivity index (χ2v) is 7.43. The van der Waals surface area contributed by atoms with E-state index in [0.717, 1.165) is 16.5 Å². The Morgan fingerprint density at radius 1 is 1.11 bits per heavy atom. The van der Waals surface area contributed by atoms with Gasteiger partial charge >= 0.3 is 5.97 Å². The Morgan fingerprint density at radius 3 is 2.43 bits per heavy atom. The Labute approximate surface area is 163 Å². The number of hydrogen-bond donors (Lipinski definition) is 5. The van der Waals surface area contributed by atoms with E-state index in [-0.39, 0.29) is 12.3 Å². The molecule has 3 unspecified atom stereocenters. The summed E-state index contributed by atoms with van der Waals surface area (Å²) in [7, 11) is 0. The Hall–Kier alpha value is -2.87. The number of aromatic nitrogens is 1. The number of aliphatic carboxylic acids is 1. The second kappa shape index (κ2) is 9.36. The second-order valence-electron chi connectivity index (χ2n) is 7.43. The molecule has 0 spiro atoms. The van der Waals surface area contributed by atoms with E-state index in [1.165, 1.54) is 6.92 Å². The lowest BCUT2D eigenvalue weighted by atomic mass is 10.0. The van der Waals surface area contributed by atoms with Gasteiger partial charge in [0.1, 0.15) is 12.1 Å². The number of aromatic amines is 1. The van der Waals surface area contributed by atoms with Crippen molar-refractivity contribution in [1.29, 1.82) is 0 Å². The zero-order valence-corrected chi connectivity index (χ0v) is 16.4. The van der Waals surface area contributed by atoms with Crippen LogP contribution in [0.25, 0.3) is 10.9 Å². The lowest BCUT2D eigenvalue weighted by molar-refractivity contribution is -0.141. The summed E-state index contributed by atoms with van der Waals surface area (Å²) in [5.41, 5.74) is 7.70. The smallest absolute Gasteiger partial charge is 0.325 e. The number of carbonyl (C=O) groups is 3. The Kier molecular flexibility index (Phi) is 7.17. The van der Waals surface area contributed by atoms with Gasteiger partial charge in [-0.05, 0) is 30.9 Å². The van der Waals surface area contributed by atoms with Gasteiger partial charge in [-0.3, -0.25) is 14.4 Å². The quantitative estimate of drug-likeness (QED) is 0.439. The molecule has 1 aromatic carbocycles. The van der Waals surface area contributed by atoms with Crippen molar-refractivity contribution in [3.8, 4) is 0 Å². The number of benzene rings is 1. The lowest BCUT2D eigenvalue weighted by Crippen LogP contribution is -2.54. The number of hydrogen-bond acceptors (Lipinski definition) is 4. The van der Waals surface area contributed by atoms with E-state index in [9.17, 15) is 14.4 Å². The van der Waals surface area contributed by atoms with Crippen LogP contribution in [0.1, 0.15) is 32.8 Å². The summed E-state index contributed by atoms with van der Waals surface area (Å²) in [5.74, 6) is -1.92. The topological polar surface area (TPSA) is 137 Å². The number of nitrogens with one attached hydrogen (secondary N) is 3. The Balaban J connectivity index is 2.21. The van der Waals surface area contributed by atoms with Crippen LogP contribution < -0.4 is 16.4 Å². The Morgan fingerprint density at radius 2 is 1.79 bits per heavy atom. The van der Waals surface area contributed by atoms with E-state index in [1.54, 1.807) is 6.20 Å². The number of carboxylic acids is 1. The fraction of sp³-hybridized carbons (Fsp3) is 0.450. The molecule has 28 heavy (non-hydrogen) atoms. The molecule has 0 saturated carbocycles. The van der Waals surface area contributed by atoms with Gasteiger partial charge in [-0.2, -0.15) is 0 Å². The van der Waals surface area contributed by atoms with Gasteiger partial charge < -0.3 is 26.5 Å². The van der Waals surface area contributed by atoms with Gasteiger partial charge in [0.25, 0.3) is 0 Å². The number of fused-ring (bicyclic) bond motifs is 1. The van der Waals surface area contributed by atoms with Crippen LogP contribution in [0.4, 0.5) is 0 Å². The molecule has 2 amide bonds. The highest BCUT2D eigenvalue weighted by Crippen LogP contribution is 2.19. The molecule has 8 nitrogen and oxygen atoms in total. The summed E-state index contributed by atoms with van der Waals surface area (Å²) < 4.78 is 0. The Bertz CT molecular complexity index is 846. The van der Waals surface area contributed by atoms with Crippen LogP contribution in [0.5, 0.6) is 0 Å². The van der Waals surface area contributed by atoms with Gasteiger partial charge in [0.2, 0.25) is 11.8 Å². The normalized spacial score (nSPS) is 14.5. The van der Waals surface area contributed by atoms with Crippen molar-refractivity contribution in [2.45, 2.75) is 51.7 Å².